The molecular formula is C27H45BN2O7. The summed E-state index contributed by atoms with van der Waals surface area (Å²) in [6.45, 7) is 18.2. The highest BCUT2D eigenvalue weighted by atomic mass is 16.7. The van der Waals surface area contributed by atoms with Crippen LogP contribution in [0.4, 0.5) is 4.79 Å². The molecule has 10 heteroatoms. The van der Waals surface area contributed by atoms with E-state index in [1.54, 1.807) is 17.9 Å². The molecule has 0 aromatic heterocycles. The summed E-state index contributed by atoms with van der Waals surface area (Å²) in [5.74, 6) is 0.0399. The molecule has 0 aromatic carbocycles. The van der Waals surface area contributed by atoms with Crippen molar-refractivity contribution in [2.75, 3.05) is 26.3 Å². The van der Waals surface area contributed by atoms with Crippen LogP contribution in [0, 0.1) is 5.92 Å². The van der Waals surface area contributed by atoms with Gasteiger partial charge in [0.25, 0.3) is 0 Å². The number of carbonyl (C=O) groups excluding carboxylic acids is 2. The molecule has 9 nitrogen and oxygen atoms in total. The van der Waals surface area contributed by atoms with Crippen molar-refractivity contribution in [2.24, 2.45) is 5.92 Å². The summed E-state index contributed by atoms with van der Waals surface area (Å²) >= 11 is 0. The molecule has 3 aliphatic rings. The Bertz CT molecular complexity index is 853. The Morgan fingerprint density at radius 1 is 1.14 bits per heavy atom. The molecule has 3 fully saturated rings. The van der Waals surface area contributed by atoms with Gasteiger partial charge in [0, 0.05) is 19.2 Å². The molecular weight excluding hydrogens is 475 g/mol. The maximum atomic E-state index is 12.5. The zero-order valence-corrected chi connectivity index (χ0v) is 23.7. The van der Waals surface area contributed by atoms with Crippen LogP contribution in [0.1, 0.15) is 68.2 Å². The zero-order chi connectivity index (χ0) is 27.4. The fourth-order valence-corrected chi connectivity index (χ4v) is 4.61. The van der Waals surface area contributed by atoms with E-state index in [-0.39, 0.29) is 48.4 Å². The van der Waals surface area contributed by atoms with Crippen LogP contribution in [-0.4, -0.2) is 85.9 Å². The summed E-state index contributed by atoms with van der Waals surface area (Å²) in [5.41, 5.74) is 0.321. The second-order valence-electron chi connectivity index (χ2n) is 11.5. The minimum Gasteiger partial charge on any atom is -0.442 e. The van der Waals surface area contributed by atoms with Gasteiger partial charge in [-0.05, 0) is 78.8 Å². The third kappa shape index (κ3) is 7.82. The summed E-state index contributed by atoms with van der Waals surface area (Å²) in [5, 5.41) is 3.05. The van der Waals surface area contributed by atoms with E-state index in [0.717, 1.165) is 18.3 Å². The number of nitrogens with one attached hydrogen (secondary N) is 1. The average Bonchev–Trinajstić information content (AvgIpc) is 3.06. The van der Waals surface area contributed by atoms with Gasteiger partial charge in [-0.3, -0.25) is 4.79 Å². The monoisotopic (exact) mass is 520 g/mol. The van der Waals surface area contributed by atoms with Crippen molar-refractivity contribution >= 4 is 19.1 Å². The summed E-state index contributed by atoms with van der Waals surface area (Å²) in [6.07, 6.45) is 5.77. The first-order chi connectivity index (χ1) is 17.3. The molecule has 3 aliphatic heterocycles. The normalized spacial score (nSPS) is 30.9. The Kier molecular flexibility index (Phi) is 9.88. The van der Waals surface area contributed by atoms with E-state index in [9.17, 15) is 9.59 Å². The maximum absolute atomic E-state index is 12.5. The standard InChI is InChI=1S/C27H45BN2O7/c1-18-17-22(29-24(31)12-10-20(3)34-25(32)30-13-15-33-16-14-30)21(4)35-23(18)11-9-19(2)28-36-26(5,6)27(7,8)37-28/h9-10,12,18,20-23H,11,13-17H2,1-8H3,(H,29,31)/b12-10-,19-9+/t18-,20-,21+,22+,23-/m0/s1. The molecule has 0 bridgehead atoms. The second-order valence-corrected chi connectivity index (χ2v) is 11.5. The third-order valence-electron chi connectivity index (χ3n) is 7.92. The largest absolute Gasteiger partial charge is 0.489 e. The number of allylic oxidation sites excluding steroid dienone is 1. The lowest BCUT2D eigenvalue weighted by Crippen LogP contribution is -2.50. The number of morpholine rings is 1. The van der Waals surface area contributed by atoms with Crippen LogP contribution in [0.5, 0.6) is 0 Å². The Labute approximate surface area is 222 Å². The number of ether oxygens (including phenoxy) is 3. The second kappa shape index (κ2) is 12.3. The third-order valence-corrected chi connectivity index (χ3v) is 7.92. The fourth-order valence-electron chi connectivity index (χ4n) is 4.61. The number of hydrogen-bond acceptors (Lipinski definition) is 7. The molecule has 208 valence electrons. The van der Waals surface area contributed by atoms with Gasteiger partial charge >= 0.3 is 13.2 Å². The highest BCUT2D eigenvalue weighted by molar-refractivity contribution is 6.54. The molecule has 0 unspecified atom stereocenters. The number of nitrogens with zero attached hydrogens (tertiary/aromatic N) is 1. The minimum atomic E-state index is -0.511. The molecule has 1 N–H and O–H groups in total. The topological polar surface area (TPSA) is 95.6 Å². The lowest BCUT2D eigenvalue weighted by molar-refractivity contribution is -0.123. The van der Waals surface area contributed by atoms with E-state index < -0.39 is 12.2 Å². The van der Waals surface area contributed by atoms with Gasteiger partial charge in [-0.25, -0.2) is 4.79 Å². The van der Waals surface area contributed by atoms with Crippen LogP contribution < -0.4 is 5.32 Å². The summed E-state index contributed by atoms with van der Waals surface area (Å²) in [7, 11) is -0.351. The first kappa shape index (κ1) is 29.7. The quantitative estimate of drug-likeness (QED) is 0.404. The Morgan fingerprint density at radius 2 is 1.76 bits per heavy atom. The smallest absolute Gasteiger partial charge is 0.442 e. The predicted molar refractivity (Wildman–Crippen MR) is 142 cm³/mol. The maximum Gasteiger partial charge on any atom is 0.489 e. The van der Waals surface area contributed by atoms with Crippen molar-refractivity contribution in [1.29, 1.82) is 0 Å². The SMILES string of the molecule is C/C(=C\C[C@@H]1O[C@H](C)[C@H](NC(=O)/C=C\[C@H](C)OC(=O)N2CCOCC2)C[C@@H]1C)B1OC(C)(C)C(C)(C)O1. The Balaban J connectivity index is 1.44. The van der Waals surface area contributed by atoms with Gasteiger partial charge in [0.1, 0.15) is 6.10 Å². The van der Waals surface area contributed by atoms with Gasteiger partial charge in [0.15, 0.2) is 0 Å². The molecule has 2 amide bonds. The molecule has 0 saturated carbocycles. The van der Waals surface area contributed by atoms with E-state index in [1.807, 2.05) is 13.8 Å². The molecule has 3 saturated heterocycles. The highest BCUT2D eigenvalue weighted by Gasteiger charge is 2.51. The molecule has 3 heterocycles. The van der Waals surface area contributed by atoms with Crippen LogP contribution in [0.15, 0.2) is 23.7 Å². The lowest BCUT2D eigenvalue weighted by Gasteiger charge is -2.39. The van der Waals surface area contributed by atoms with Crippen molar-refractivity contribution < 1.29 is 33.1 Å². The molecule has 0 aliphatic carbocycles. The number of hydrogen-bond donors (Lipinski definition) is 1. The Hall–Kier alpha value is -1.88. The molecule has 5 atom stereocenters. The average molecular weight is 520 g/mol. The van der Waals surface area contributed by atoms with Crippen LogP contribution in [0.2, 0.25) is 0 Å². The number of rotatable bonds is 7. The summed E-state index contributed by atoms with van der Waals surface area (Å²) in [6, 6.07) is -0.0946. The van der Waals surface area contributed by atoms with Crippen molar-refractivity contribution in [3.05, 3.63) is 23.7 Å². The van der Waals surface area contributed by atoms with Gasteiger partial charge in [-0.15, -0.1) is 0 Å². The van der Waals surface area contributed by atoms with E-state index in [4.69, 9.17) is 23.5 Å². The molecule has 0 spiro atoms. The van der Waals surface area contributed by atoms with Crippen molar-refractivity contribution in [1.82, 2.24) is 10.2 Å². The van der Waals surface area contributed by atoms with E-state index in [2.05, 4.69) is 46.0 Å². The van der Waals surface area contributed by atoms with Crippen molar-refractivity contribution in [3.63, 3.8) is 0 Å². The van der Waals surface area contributed by atoms with Crippen LogP contribution in [0.3, 0.4) is 0 Å². The fraction of sp³-hybridized carbons (Fsp3) is 0.778. The summed E-state index contributed by atoms with van der Waals surface area (Å²) < 4.78 is 29.2. The van der Waals surface area contributed by atoms with Gasteiger partial charge in [-0.1, -0.05) is 13.0 Å². The van der Waals surface area contributed by atoms with Gasteiger partial charge < -0.3 is 33.7 Å². The van der Waals surface area contributed by atoms with Crippen molar-refractivity contribution in [2.45, 2.75) is 104 Å². The molecule has 0 aromatic rings. The summed E-state index contributed by atoms with van der Waals surface area (Å²) in [4.78, 5) is 26.3. The molecule has 37 heavy (non-hydrogen) atoms. The highest BCUT2D eigenvalue weighted by Crippen LogP contribution is 2.38. The minimum absolute atomic E-state index is 0.0516. The first-order valence-corrected chi connectivity index (χ1v) is 13.5. The van der Waals surface area contributed by atoms with Gasteiger partial charge in [-0.2, -0.15) is 0 Å². The number of carbonyl (C=O) groups is 2. The number of amides is 2. The first-order valence-electron chi connectivity index (χ1n) is 13.5. The zero-order valence-electron chi connectivity index (χ0n) is 23.7. The lowest BCUT2D eigenvalue weighted by atomic mass is 9.78. The van der Waals surface area contributed by atoms with E-state index >= 15 is 0 Å². The van der Waals surface area contributed by atoms with Crippen LogP contribution in [0.25, 0.3) is 0 Å². The molecule has 3 rings (SSSR count). The van der Waals surface area contributed by atoms with Gasteiger partial charge in [0.2, 0.25) is 5.91 Å². The predicted octanol–water partition coefficient (Wildman–Crippen LogP) is 3.67. The van der Waals surface area contributed by atoms with E-state index in [0.29, 0.717) is 26.3 Å². The van der Waals surface area contributed by atoms with Crippen molar-refractivity contribution in [3.8, 4) is 0 Å². The van der Waals surface area contributed by atoms with Crippen LogP contribution >= 0.6 is 0 Å². The van der Waals surface area contributed by atoms with Crippen LogP contribution in [-0.2, 0) is 28.3 Å². The van der Waals surface area contributed by atoms with E-state index in [1.165, 1.54) is 6.08 Å². The molecule has 0 radical (unpaired) electrons. The Morgan fingerprint density at radius 3 is 2.38 bits per heavy atom. The van der Waals surface area contributed by atoms with Gasteiger partial charge in [0.05, 0.1) is 42.7 Å².